The quantitative estimate of drug-likeness (QED) is 0.865. The van der Waals surface area contributed by atoms with Crippen LogP contribution in [0, 0.1) is 5.92 Å². The molecule has 1 aromatic carbocycles. The minimum atomic E-state index is 0.272. The van der Waals surface area contributed by atoms with Gasteiger partial charge in [-0.05, 0) is 48.6 Å². The van der Waals surface area contributed by atoms with Crippen molar-refractivity contribution >= 4 is 24.2 Å². The van der Waals surface area contributed by atoms with Gasteiger partial charge < -0.3 is 9.80 Å². The number of carbonyl (C=O) groups excluding carboxylic acids is 1. The third-order valence-electron chi connectivity index (χ3n) is 4.58. The topological polar surface area (TPSA) is 23.6 Å². The van der Waals surface area contributed by atoms with Crippen molar-refractivity contribution in [1.29, 1.82) is 0 Å². The van der Waals surface area contributed by atoms with E-state index in [-0.39, 0.29) is 5.91 Å². The molecule has 0 aliphatic carbocycles. The molecular formula is C17H24N2OS. The molecule has 1 aromatic rings. The maximum absolute atomic E-state index is 11.9. The molecule has 4 heteroatoms. The molecule has 0 bridgehead atoms. The van der Waals surface area contributed by atoms with Gasteiger partial charge in [0.15, 0.2) is 0 Å². The first-order chi connectivity index (χ1) is 10.3. The smallest absolute Gasteiger partial charge is 0.223 e. The van der Waals surface area contributed by atoms with E-state index in [9.17, 15) is 4.79 Å². The molecule has 2 fully saturated rings. The van der Waals surface area contributed by atoms with Gasteiger partial charge in [-0.2, -0.15) is 12.6 Å². The molecule has 21 heavy (non-hydrogen) atoms. The Bertz CT molecular complexity index is 482. The molecule has 0 N–H and O–H groups in total. The molecule has 2 heterocycles. The van der Waals surface area contributed by atoms with Crippen LogP contribution in [0.15, 0.2) is 24.3 Å². The van der Waals surface area contributed by atoms with Crippen LogP contribution >= 0.6 is 12.6 Å². The molecule has 3 rings (SSSR count). The summed E-state index contributed by atoms with van der Waals surface area (Å²) in [6.45, 7) is 3.95. The normalized spacial score (nSPS) is 22.9. The summed E-state index contributed by atoms with van der Waals surface area (Å²) in [4.78, 5) is 16.4. The molecule has 2 aliphatic heterocycles. The molecule has 1 atom stereocenters. The van der Waals surface area contributed by atoms with Gasteiger partial charge in [-0.15, -0.1) is 0 Å². The number of likely N-dealkylation sites (tertiary alicyclic amines) is 1. The average Bonchev–Trinajstić information content (AvgIpc) is 2.89. The summed E-state index contributed by atoms with van der Waals surface area (Å²) >= 11 is 4.31. The first kappa shape index (κ1) is 14.8. The molecule has 114 valence electrons. The monoisotopic (exact) mass is 304 g/mol. The van der Waals surface area contributed by atoms with Crippen molar-refractivity contribution in [3.05, 3.63) is 29.8 Å². The van der Waals surface area contributed by atoms with Gasteiger partial charge in [-0.1, -0.05) is 12.1 Å². The molecular weight excluding hydrogens is 280 g/mol. The van der Waals surface area contributed by atoms with Crippen LogP contribution < -0.4 is 4.90 Å². The lowest BCUT2D eigenvalue weighted by Crippen LogP contribution is -2.29. The predicted octanol–water partition coefficient (Wildman–Crippen LogP) is 2.96. The third kappa shape index (κ3) is 3.54. The SMILES string of the molecule is O=C1CC(CS)CN1Cc1ccc(N2CCCCC2)cc1. The van der Waals surface area contributed by atoms with E-state index in [4.69, 9.17) is 0 Å². The van der Waals surface area contributed by atoms with Crippen molar-refractivity contribution in [2.24, 2.45) is 5.92 Å². The summed E-state index contributed by atoms with van der Waals surface area (Å²) in [6.07, 6.45) is 4.62. The predicted molar refractivity (Wildman–Crippen MR) is 89.9 cm³/mol. The van der Waals surface area contributed by atoms with E-state index in [1.807, 2.05) is 4.90 Å². The van der Waals surface area contributed by atoms with E-state index in [1.54, 1.807) is 0 Å². The summed E-state index contributed by atoms with van der Waals surface area (Å²) in [5, 5.41) is 0. The van der Waals surface area contributed by atoms with Gasteiger partial charge in [0.2, 0.25) is 5.91 Å². The fraction of sp³-hybridized carbons (Fsp3) is 0.588. The fourth-order valence-corrected chi connectivity index (χ4v) is 3.56. The highest BCUT2D eigenvalue weighted by Crippen LogP contribution is 2.23. The number of amides is 1. The zero-order valence-electron chi connectivity index (χ0n) is 12.5. The summed E-state index contributed by atoms with van der Waals surface area (Å²) < 4.78 is 0. The van der Waals surface area contributed by atoms with Gasteiger partial charge in [0.05, 0.1) is 0 Å². The van der Waals surface area contributed by atoms with Gasteiger partial charge >= 0.3 is 0 Å². The molecule has 2 saturated heterocycles. The Kier molecular flexibility index (Phi) is 4.73. The first-order valence-electron chi connectivity index (χ1n) is 7.99. The number of anilines is 1. The van der Waals surface area contributed by atoms with Crippen LogP contribution in [-0.4, -0.2) is 36.2 Å². The van der Waals surface area contributed by atoms with Crippen molar-refractivity contribution in [3.8, 4) is 0 Å². The molecule has 0 radical (unpaired) electrons. The van der Waals surface area contributed by atoms with E-state index >= 15 is 0 Å². The molecule has 3 nitrogen and oxygen atoms in total. The standard InChI is InChI=1S/C17H24N2OS/c20-17-10-15(13-21)12-19(17)11-14-4-6-16(7-5-14)18-8-2-1-3-9-18/h4-7,15,21H,1-3,8-13H2. The molecule has 0 aromatic heterocycles. The van der Waals surface area contributed by atoms with Crippen LogP contribution in [0.3, 0.4) is 0 Å². The van der Waals surface area contributed by atoms with Crippen LogP contribution in [0.2, 0.25) is 0 Å². The van der Waals surface area contributed by atoms with Gasteiger partial charge in [-0.3, -0.25) is 4.79 Å². The van der Waals surface area contributed by atoms with Crippen molar-refractivity contribution in [2.45, 2.75) is 32.2 Å². The molecule has 1 unspecified atom stereocenters. The zero-order valence-corrected chi connectivity index (χ0v) is 13.4. The largest absolute Gasteiger partial charge is 0.372 e. The van der Waals surface area contributed by atoms with Gasteiger partial charge in [-0.25, -0.2) is 0 Å². The summed E-state index contributed by atoms with van der Waals surface area (Å²) in [7, 11) is 0. The second-order valence-electron chi connectivity index (χ2n) is 6.24. The minimum absolute atomic E-state index is 0.272. The van der Waals surface area contributed by atoms with Crippen LogP contribution in [0.1, 0.15) is 31.2 Å². The van der Waals surface area contributed by atoms with E-state index < -0.39 is 0 Å². The average molecular weight is 304 g/mol. The summed E-state index contributed by atoms with van der Waals surface area (Å²) in [6, 6.07) is 8.76. The van der Waals surface area contributed by atoms with E-state index in [0.29, 0.717) is 12.3 Å². The van der Waals surface area contributed by atoms with Crippen molar-refractivity contribution in [2.75, 3.05) is 30.3 Å². The van der Waals surface area contributed by atoms with E-state index in [0.717, 1.165) is 18.8 Å². The Hall–Kier alpha value is -1.16. The first-order valence-corrected chi connectivity index (χ1v) is 8.62. The lowest BCUT2D eigenvalue weighted by Gasteiger charge is -2.29. The summed E-state index contributed by atoms with van der Waals surface area (Å²) in [5.41, 5.74) is 2.54. The Morgan fingerprint density at radius 1 is 1.10 bits per heavy atom. The lowest BCUT2D eigenvalue weighted by molar-refractivity contribution is -0.128. The zero-order chi connectivity index (χ0) is 14.7. The second-order valence-corrected chi connectivity index (χ2v) is 6.61. The number of hydrogen-bond acceptors (Lipinski definition) is 3. The molecule has 0 spiro atoms. The van der Waals surface area contributed by atoms with Crippen LogP contribution in [0.4, 0.5) is 5.69 Å². The van der Waals surface area contributed by atoms with E-state index in [2.05, 4.69) is 41.8 Å². The maximum atomic E-state index is 11.9. The molecule has 2 aliphatic rings. The highest BCUT2D eigenvalue weighted by Gasteiger charge is 2.28. The molecule has 0 saturated carbocycles. The lowest BCUT2D eigenvalue weighted by atomic mass is 10.1. The number of piperidine rings is 1. The minimum Gasteiger partial charge on any atom is -0.372 e. The Balaban J connectivity index is 1.60. The van der Waals surface area contributed by atoms with E-state index in [1.165, 1.54) is 43.6 Å². The van der Waals surface area contributed by atoms with Crippen molar-refractivity contribution < 1.29 is 4.79 Å². The Labute approximate surface area is 132 Å². The van der Waals surface area contributed by atoms with Crippen molar-refractivity contribution in [3.63, 3.8) is 0 Å². The molecule has 1 amide bonds. The highest BCUT2D eigenvalue weighted by molar-refractivity contribution is 7.80. The Morgan fingerprint density at radius 3 is 2.43 bits per heavy atom. The fourth-order valence-electron chi connectivity index (χ4n) is 3.31. The maximum Gasteiger partial charge on any atom is 0.223 e. The number of rotatable bonds is 4. The van der Waals surface area contributed by atoms with Crippen molar-refractivity contribution in [1.82, 2.24) is 4.90 Å². The van der Waals surface area contributed by atoms with Crippen LogP contribution in [0.25, 0.3) is 0 Å². The number of hydrogen-bond donors (Lipinski definition) is 1. The number of nitrogens with zero attached hydrogens (tertiary/aromatic N) is 2. The third-order valence-corrected chi connectivity index (χ3v) is 5.10. The van der Waals surface area contributed by atoms with Crippen LogP contribution in [-0.2, 0) is 11.3 Å². The highest BCUT2D eigenvalue weighted by atomic mass is 32.1. The summed E-state index contributed by atoms with van der Waals surface area (Å²) in [5.74, 6) is 1.50. The number of carbonyl (C=O) groups is 1. The number of benzene rings is 1. The van der Waals surface area contributed by atoms with Gasteiger partial charge in [0, 0.05) is 38.3 Å². The van der Waals surface area contributed by atoms with Gasteiger partial charge in [0.1, 0.15) is 0 Å². The Morgan fingerprint density at radius 2 is 1.81 bits per heavy atom. The second kappa shape index (κ2) is 6.73. The van der Waals surface area contributed by atoms with Crippen LogP contribution in [0.5, 0.6) is 0 Å². The van der Waals surface area contributed by atoms with Gasteiger partial charge in [0.25, 0.3) is 0 Å². The number of thiol groups is 1.